The predicted octanol–water partition coefficient (Wildman–Crippen LogP) is 2.91. The van der Waals surface area contributed by atoms with E-state index in [0.29, 0.717) is 11.4 Å². The summed E-state index contributed by atoms with van der Waals surface area (Å²) in [6.45, 7) is 3.82. The topological polar surface area (TPSA) is 57.0 Å². The Bertz CT molecular complexity index is 667. The Kier molecular flexibility index (Phi) is 5.25. The second-order valence-electron chi connectivity index (χ2n) is 5.15. The highest BCUT2D eigenvalue weighted by Gasteiger charge is 2.14. The summed E-state index contributed by atoms with van der Waals surface area (Å²) in [6, 6.07) is 4.75. The van der Waals surface area contributed by atoms with Crippen molar-refractivity contribution in [1.82, 2.24) is 14.8 Å². The van der Waals surface area contributed by atoms with Crippen LogP contribution in [0.2, 0.25) is 0 Å². The predicted molar refractivity (Wildman–Crippen MR) is 80.8 cm³/mol. The number of methoxy groups -OCH3 is 1. The maximum Gasteiger partial charge on any atom is 0.327 e. The van der Waals surface area contributed by atoms with Gasteiger partial charge in [-0.15, -0.1) is 0 Å². The van der Waals surface area contributed by atoms with Gasteiger partial charge in [-0.25, -0.2) is 14.1 Å². The summed E-state index contributed by atoms with van der Waals surface area (Å²) >= 11 is 0. The van der Waals surface area contributed by atoms with Gasteiger partial charge in [0.15, 0.2) is 5.82 Å². The molecule has 2 rings (SSSR count). The summed E-state index contributed by atoms with van der Waals surface area (Å²) < 4.78 is 19.6. The maximum atomic E-state index is 13.4. The van der Waals surface area contributed by atoms with E-state index < -0.39 is 0 Å². The summed E-state index contributed by atoms with van der Waals surface area (Å²) in [4.78, 5) is 16.0. The van der Waals surface area contributed by atoms with Crippen LogP contribution in [0.25, 0.3) is 11.4 Å². The number of carbonyl (C=O) groups is 1. The van der Waals surface area contributed by atoms with E-state index in [-0.39, 0.29) is 18.3 Å². The molecule has 0 saturated heterocycles. The summed E-state index contributed by atoms with van der Waals surface area (Å²) in [7, 11) is 1.34. The van der Waals surface area contributed by atoms with Gasteiger partial charge in [-0.3, -0.25) is 4.79 Å². The Morgan fingerprint density at radius 2 is 2.18 bits per heavy atom. The van der Waals surface area contributed by atoms with Crippen molar-refractivity contribution in [1.29, 1.82) is 0 Å². The number of ether oxygens (including phenoxy) is 1. The lowest BCUT2D eigenvalue weighted by Crippen LogP contribution is -2.15. The molecule has 0 radical (unpaired) electrons. The molecule has 6 heteroatoms. The van der Waals surface area contributed by atoms with Crippen LogP contribution in [-0.4, -0.2) is 27.8 Å². The standard InChI is InChI=1S/C16H20FN3O2/c1-4-5-6-14-18-16(19-20(14)10-15(21)22-3)12-7-8-13(17)11(2)9-12/h7-9H,4-6,10H2,1-3H3. The van der Waals surface area contributed by atoms with Crippen LogP contribution in [0.4, 0.5) is 4.39 Å². The molecule has 0 unspecified atom stereocenters. The highest BCUT2D eigenvalue weighted by Crippen LogP contribution is 2.20. The van der Waals surface area contributed by atoms with Crippen LogP contribution in [0, 0.1) is 12.7 Å². The Labute approximate surface area is 129 Å². The third-order valence-corrected chi connectivity index (χ3v) is 3.42. The van der Waals surface area contributed by atoms with Gasteiger partial charge in [0.1, 0.15) is 18.2 Å². The lowest BCUT2D eigenvalue weighted by molar-refractivity contribution is -0.141. The first kappa shape index (κ1) is 16.1. The smallest absolute Gasteiger partial charge is 0.327 e. The zero-order chi connectivity index (χ0) is 16.1. The fourth-order valence-corrected chi connectivity index (χ4v) is 2.11. The van der Waals surface area contributed by atoms with Crippen molar-refractivity contribution in [2.45, 2.75) is 39.7 Å². The molecule has 0 aliphatic rings. The van der Waals surface area contributed by atoms with Crippen molar-refractivity contribution >= 4 is 5.97 Å². The molecule has 22 heavy (non-hydrogen) atoms. The van der Waals surface area contributed by atoms with E-state index >= 15 is 0 Å². The van der Waals surface area contributed by atoms with Crippen molar-refractivity contribution in [2.75, 3.05) is 7.11 Å². The largest absolute Gasteiger partial charge is 0.468 e. The number of esters is 1. The van der Waals surface area contributed by atoms with Crippen molar-refractivity contribution in [3.05, 3.63) is 35.4 Å². The SMILES string of the molecule is CCCCc1nc(-c2ccc(F)c(C)c2)nn1CC(=O)OC. The number of carbonyl (C=O) groups excluding carboxylic acids is 1. The number of rotatable bonds is 6. The zero-order valence-corrected chi connectivity index (χ0v) is 13.1. The normalized spacial score (nSPS) is 10.7. The quantitative estimate of drug-likeness (QED) is 0.770. The molecule has 0 spiro atoms. The molecule has 5 nitrogen and oxygen atoms in total. The summed E-state index contributed by atoms with van der Waals surface area (Å²) in [6.07, 6.45) is 2.72. The fourth-order valence-electron chi connectivity index (χ4n) is 2.11. The van der Waals surface area contributed by atoms with Gasteiger partial charge in [0.25, 0.3) is 0 Å². The number of unbranched alkanes of at least 4 members (excludes halogenated alkanes) is 1. The minimum atomic E-state index is -0.371. The first-order chi connectivity index (χ1) is 10.5. The van der Waals surface area contributed by atoms with Gasteiger partial charge >= 0.3 is 5.97 Å². The van der Waals surface area contributed by atoms with Crippen LogP contribution >= 0.6 is 0 Å². The molecule has 0 atom stereocenters. The van der Waals surface area contributed by atoms with E-state index in [0.717, 1.165) is 30.7 Å². The van der Waals surface area contributed by atoms with Gasteiger partial charge < -0.3 is 4.74 Å². The number of hydrogen-bond donors (Lipinski definition) is 0. The van der Waals surface area contributed by atoms with Crippen LogP contribution in [0.15, 0.2) is 18.2 Å². The number of hydrogen-bond acceptors (Lipinski definition) is 4. The van der Waals surface area contributed by atoms with Gasteiger partial charge in [0.05, 0.1) is 7.11 Å². The van der Waals surface area contributed by atoms with E-state index in [1.807, 2.05) is 0 Å². The average Bonchev–Trinajstić information content (AvgIpc) is 2.90. The molecular formula is C16H20FN3O2. The molecule has 0 bridgehead atoms. The molecule has 1 aromatic carbocycles. The van der Waals surface area contributed by atoms with Crippen LogP contribution in [0.3, 0.4) is 0 Å². The zero-order valence-electron chi connectivity index (χ0n) is 13.1. The number of benzene rings is 1. The van der Waals surface area contributed by atoms with Crippen LogP contribution in [-0.2, 0) is 22.5 Å². The average molecular weight is 305 g/mol. The van der Waals surface area contributed by atoms with E-state index in [2.05, 4.69) is 21.7 Å². The molecule has 0 saturated carbocycles. The third kappa shape index (κ3) is 3.69. The minimum absolute atomic E-state index is 0.0305. The van der Waals surface area contributed by atoms with Gasteiger partial charge in [0.2, 0.25) is 0 Å². The third-order valence-electron chi connectivity index (χ3n) is 3.42. The van der Waals surface area contributed by atoms with Crippen molar-refractivity contribution in [3.63, 3.8) is 0 Å². The summed E-state index contributed by atoms with van der Waals surface area (Å²) in [5, 5.41) is 4.37. The molecule has 0 N–H and O–H groups in total. The molecule has 0 aliphatic heterocycles. The highest BCUT2D eigenvalue weighted by molar-refractivity contribution is 5.69. The second-order valence-corrected chi connectivity index (χ2v) is 5.15. The van der Waals surface area contributed by atoms with Crippen molar-refractivity contribution in [2.24, 2.45) is 0 Å². The van der Waals surface area contributed by atoms with Crippen LogP contribution in [0.5, 0.6) is 0 Å². The Hall–Kier alpha value is -2.24. The number of aromatic nitrogens is 3. The Morgan fingerprint density at radius 1 is 1.41 bits per heavy atom. The van der Waals surface area contributed by atoms with Crippen molar-refractivity contribution in [3.8, 4) is 11.4 Å². The lowest BCUT2D eigenvalue weighted by atomic mass is 10.1. The number of nitrogens with zero attached hydrogens (tertiary/aromatic N) is 3. The van der Waals surface area contributed by atoms with E-state index in [9.17, 15) is 9.18 Å². The van der Waals surface area contributed by atoms with E-state index in [1.54, 1.807) is 23.7 Å². The molecule has 0 aliphatic carbocycles. The maximum absolute atomic E-state index is 13.4. The fraction of sp³-hybridized carbons (Fsp3) is 0.438. The van der Waals surface area contributed by atoms with Crippen LogP contribution in [0.1, 0.15) is 31.2 Å². The van der Waals surface area contributed by atoms with Crippen LogP contribution < -0.4 is 0 Å². The number of aryl methyl sites for hydroxylation is 2. The number of halogens is 1. The molecule has 0 amide bonds. The van der Waals surface area contributed by atoms with E-state index in [4.69, 9.17) is 0 Å². The first-order valence-corrected chi connectivity index (χ1v) is 7.32. The highest BCUT2D eigenvalue weighted by atomic mass is 19.1. The first-order valence-electron chi connectivity index (χ1n) is 7.32. The monoisotopic (exact) mass is 305 g/mol. The molecule has 118 valence electrons. The molecule has 1 aromatic heterocycles. The Morgan fingerprint density at radius 3 is 2.82 bits per heavy atom. The Balaban J connectivity index is 2.35. The lowest BCUT2D eigenvalue weighted by Gasteiger charge is -2.03. The van der Waals surface area contributed by atoms with E-state index in [1.165, 1.54) is 13.2 Å². The minimum Gasteiger partial charge on any atom is -0.468 e. The van der Waals surface area contributed by atoms with Gasteiger partial charge in [0, 0.05) is 12.0 Å². The molecular weight excluding hydrogens is 285 g/mol. The second kappa shape index (κ2) is 7.15. The molecule has 1 heterocycles. The molecule has 2 aromatic rings. The van der Waals surface area contributed by atoms with Crippen molar-refractivity contribution < 1.29 is 13.9 Å². The summed E-state index contributed by atoms with van der Waals surface area (Å²) in [5.41, 5.74) is 1.28. The molecule has 0 fully saturated rings. The summed E-state index contributed by atoms with van der Waals surface area (Å²) in [5.74, 6) is 0.607. The van der Waals surface area contributed by atoms with Gasteiger partial charge in [-0.1, -0.05) is 13.3 Å². The van der Waals surface area contributed by atoms with Gasteiger partial charge in [-0.05, 0) is 37.1 Å². The van der Waals surface area contributed by atoms with Gasteiger partial charge in [-0.2, -0.15) is 5.10 Å².